The number of pyridine rings is 2. The Morgan fingerprint density at radius 1 is 1.04 bits per heavy atom. The minimum Gasteiger partial charge on any atom is -0.495 e. The highest BCUT2D eigenvalue weighted by Crippen LogP contribution is 2.37. The fourth-order valence-electron chi connectivity index (χ4n) is 2.93. The standard InChI is InChI=1S/C20H19N5O2.ClH/c1-11-5-8-17(26-4)16(9-11)24-18-14-7-6-12(2)22-19(14)21-10-15(18)20-23-13(3)25-27-20;/h5-10H,1-4H3,(H,21,22,24);1H. The molecular weight excluding hydrogens is 378 g/mol. The molecule has 0 aliphatic carbocycles. The maximum atomic E-state index is 5.51. The van der Waals surface area contributed by atoms with Crippen LogP contribution in [-0.4, -0.2) is 27.2 Å². The van der Waals surface area contributed by atoms with Crippen LogP contribution in [0.4, 0.5) is 11.4 Å². The van der Waals surface area contributed by atoms with Gasteiger partial charge in [-0.15, -0.1) is 12.4 Å². The van der Waals surface area contributed by atoms with Crippen molar-refractivity contribution in [3.8, 4) is 17.2 Å². The molecule has 0 fully saturated rings. The summed E-state index contributed by atoms with van der Waals surface area (Å²) in [6.45, 7) is 5.75. The number of aromatic nitrogens is 4. The SMILES string of the molecule is COc1ccc(C)cc1Nc1c(-c2nc(C)no2)cnc2nc(C)ccc12.Cl. The minimum atomic E-state index is 0. The molecule has 4 aromatic rings. The van der Waals surface area contributed by atoms with Gasteiger partial charge in [0.25, 0.3) is 5.89 Å². The van der Waals surface area contributed by atoms with Gasteiger partial charge in [-0.2, -0.15) is 4.98 Å². The number of benzene rings is 1. The monoisotopic (exact) mass is 397 g/mol. The third-order valence-corrected chi connectivity index (χ3v) is 4.24. The number of fused-ring (bicyclic) bond motifs is 1. The zero-order chi connectivity index (χ0) is 19.0. The van der Waals surface area contributed by atoms with Gasteiger partial charge in [-0.05, 0) is 50.6 Å². The lowest BCUT2D eigenvalue weighted by molar-refractivity contribution is 0.416. The van der Waals surface area contributed by atoms with Gasteiger partial charge in [0.05, 0.1) is 24.0 Å². The van der Waals surface area contributed by atoms with Crippen LogP contribution in [0.2, 0.25) is 0 Å². The molecule has 144 valence electrons. The Morgan fingerprint density at radius 3 is 2.57 bits per heavy atom. The molecule has 0 unspecified atom stereocenters. The van der Waals surface area contributed by atoms with E-state index < -0.39 is 0 Å². The van der Waals surface area contributed by atoms with Gasteiger partial charge in [-0.1, -0.05) is 11.2 Å². The van der Waals surface area contributed by atoms with Crippen LogP contribution in [-0.2, 0) is 0 Å². The molecule has 0 atom stereocenters. The first-order valence-corrected chi connectivity index (χ1v) is 8.54. The highest BCUT2D eigenvalue weighted by atomic mass is 35.5. The predicted molar refractivity (Wildman–Crippen MR) is 111 cm³/mol. The molecule has 4 rings (SSSR count). The van der Waals surface area contributed by atoms with E-state index in [1.54, 1.807) is 20.2 Å². The molecule has 0 saturated carbocycles. The second-order valence-electron chi connectivity index (χ2n) is 6.35. The van der Waals surface area contributed by atoms with Crippen molar-refractivity contribution in [2.45, 2.75) is 20.8 Å². The summed E-state index contributed by atoms with van der Waals surface area (Å²) in [5.74, 6) is 1.70. The molecular formula is C20H20ClN5O2. The summed E-state index contributed by atoms with van der Waals surface area (Å²) >= 11 is 0. The van der Waals surface area contributed by atoms with Crippen LogP contribution in [0.25, 0.3) is 22.5 Å². The number of methoxy groups -OCH3 is 1. The second-order valence-corrected chi connectivity index (χ2v) is 6.35. The van der Waals surface area contributed by atoms with E-state index in [1.807, 2.05) is 44.2 Å². The molecule has 0 amide bonds. The fourth-order valence-corrected chi connectivity index (χ4v) is 2.93. The van der Waals surface area contributed by atoms with E-state index in [2.05, 4.69) is 25.4 Å². The third-order valence-electron chi connectivity index (χ3n) is 4.24. The van der Waals surface area contributed by atoms with Crippen molar-refractivity contribution in [2.24, 2.45) is 0 Å². The molecule has 0 spiro atoms. The molecule has 1 aromatic carbocycles. The van der Waals surface area contributed by atoms with Gasteiger partial charge in [0.15, 0.2) is 11.5 Å². The molecule has 28 heavy (non-hydrogen) atoms. The van der Waals surface area contributed by atoms with Gasteiger partial charge in [-0.25, -0.2) is 9.97 Å². The van der Waals surface area contributed by atoms with Crippen LogP contribution in [0.15, 0.2) is 41.1 Å². The zero-order valence-electron chi connectivity index (χ0n) is 16.0. The number of nitrogens with one attached hydrogen (secondary N) is 1. The quantitative estimate of drug-likeness (QED) is 0.530. The Morgan fingerprint density at radius 2 is 1.86 bits per heavy atom. The van der Waals surface area contributed by atoms with Gasteiger partial charge in [0.2, 0.25) is 0 Å². The number of rotatable bonds is 4. The van der Waals surface area contributed by atoms with Crippen molar-refractivity contribution in [3.05, 3.63) is 53.6 Å². The smallest absolute Gasteiger partial charge is 0.261 e. The van der Waals surface area contributed by atoms with Crippen LogP contribution >= 0.6 is 12.4 Å². The summed E-state index contributed by atoms with van der Waals surface area (Å²) in [6, 6.07) is 9.89. The maximum absolute atomic E-state index is 5.51. The molecule has 7 nitrogen and oxygen atoms in total. The minimum absolute atomic E-state index is 0. The number of hydrogen-bond donors (Lipinski definition) is 1. The second kappa shape index (κ2) is 7.82. The van der Waals surface area contributed by atoms with Crippen molar-refractivity contribution >= 4 is 34.8 Å². The highest BCUT2D eigenvalue weighted by molar-refractivity contribution is 5.98. The Hall–Kier alpha value is -3.19. The van der Waals surface area contributed by atoms with E-state index >= 15 is 0 Å². The van der Waals surface area contributed by atoms with E-state index in [0.717, 1.165) is 33.8 Å². The first-order valence-electron chi connectivity index (χ1n) is 8.54. The molecule has 3 aromatic heterocycles. The summed E-state index contributed by atoms with van der Waals surface area (Å²) in [5.41, 5.74) is 4.99. The number of hydrogen-bond acceptors (Lipinski definition) is 7. The third kappa shape index (κ3) is 3.61. The van der Waals surface area contributed by atoms with Gasteiger partial charge in [0.1, 0.15) is 5.75 Å². The van der Waals surface area contributed by atoms with E-state index in [0.29, 0.717) is 22.9 Å². The fraction of sp³-hybridized carbons (Fsp3) is 0.200. The summed E-state index contributed by atoms with van der Waals surface area (Å²) in [5, 5.41) is 8.23. The lowest BCUT2D eigenvalue weighted by Crippen LogP contribution is -2.00. The summed E-state index contributed by atoms with van der Waals surface area (Å²) < 4.78 is 10.9. The van der Waals surface area contributed by atoms with E-state index in [4.69, 9.17) is 9.26 Å². The van der Waals surface area contributed by atoms with Crippen LogP contribution in [0.5, 0.6) is 5.75 Å². The van der Waals surface area contributed by atoms with E-state index in [1.165, 1.54) is 0 Å². The summed E-state index contributed by atoms with van der Waals surface area (Å²) in [7, 11) is 1.65. The Bertz CT molecular complexity index is 1140. The average Bonchev–Trinajstić information content (AvgIpc) is 3.08. The van der Waals surface area contributed by atoms with E-state index in [9.17, 15) is 0 Å². The number of ether oxygens (including phenoxy) is 1. The highest BCUT2D eigenvalue weighted by Gasteiger charge is 2.18. The van der Waals surface area contributed by atoms with Gasteiger partial charge < -0.3 is 14.6 Å². The molecule has 0 aliphatic rings. The maximum Gasteiger partial charge on any atom is 0.261 e. The van der Waals surface area contributed by atoms with Crippen LogP contribution in [0.1, 0.15) is 17.1 Å². The predicted octanol–water partition coefficient (Wildman–Crippen LogP) is 4.78. The molecule has 0 bridgehead atoms. The lowest BCUT2D eigenvalue weighted by atomic mass is 10.1. The lowest BCUT2D eigenvalue weighted by Gasteiger charge is -2.15. The van der Waals surface area contributed by atoms with Crippen molar-refractivity contribution in [1.29, 1.82) is 0 Å². The Balaban J connectivity index is 0.00000225. The van der Waals surface area contributed by atoms with Crippen molar-refractivity contribution in [3.63, 3.8) is 0 Å². The van der Waals surface area contributed by atoms with Crippen molar-refractivity contribution in [1.82, 2.24) is 20.1 Å². The van der Waals surface area contributed by atoms with Gasteiger partial charge in [-0.3, -0.25) is 0 Å². The number of halogens is 1. The first-order chi connectivity index (χ1) is 13.0. The van der Waals surface area contributed by atoms with Crippen molar-refractivity contribution < 1.29 is 9.26 Å². The Kier molecular flexibility index (Phi) is 5.46. The zero-order valence-corrected chi connectivity index (χ0v) is 16.8. The molecule has 3 heterocycles. The summed E-state index contributed by atoms with van der Waals surface area (Å²) in [6.07, 6.45) is 1.70. The normalized spacial score (nSPS) is 10.6. The Labute approximate surface area is 168 Å². The van der Waals surface area contributed by atoms with Crippen LogP contribution in [0.3, 0.4) is 0 Å². The van der Waals surface area contributed by atoms with Gasteiger partial charge in [0, 0.05) is 17.3 Å². The summed E-state index contributed by atoms with van der Waals surface area (Å²) in [4.78, 5) is 13.4. The van der Waals surface area contributed by atoms with Gasteiger partial charge >= 0.3 is 0 Å². The van der Waals surface area contributed by atoms with Crippen LogP contribution < -0.4 is 10.1 Å². The largest absolute Gasteiger partial charge is 0.495 e. The molecule has 0 aliphatic heterocycles. The number of anilines is 2. The molecule has 8 heteroatoms. The van der Waals surface area contributed by atoms with E-state index in [-0.39, 0.29) is 12.4 Å². The van der Waals surface area contributed by atoms with Crippen LogP contribution in [0, 0.1) is 20.8 Å². The molecule has 1 N–H and O–H groups in total. The molecule has 0 radical (unpaired) electrons. The topological polar surface area (TPSA) is 86.0 Å². The number of aryl methyl sites for hydroxylation is 3. The number of nitrogens with zero attached hydrogens (tertiary/aromatic N) is 4. The average molecular weight is 398 g/mol. The molecule has 0 saturated heterocycles. The van der Waals surface area contributed by atoms with Crippen molar-refractivity contribution in [2.75, 3.05) is 12.4 Å². The first kappa shape index (κ1) is 19.6.